The number of Topliss-reactive ketones (excluding diaryl/α,β-unsaturated/α-hetero) is 1. The van der Waals surface area contributed by atoms with Crippen molar-refractivity contribution in [3.63, 3.8) is 0 Å². The fraction of sp³-hybridized carbons (Fsp3) is 0.385. The molecule has 2 rings (SSSR count). The standard InChI is InChI=1S/C13H14BrNO2/c1-9-6-11(14)4-5-12(9)15(8-16)7-13(17)10-2-3-10/h4-6,8,10H,2-3,7H2,1H3. The van der Waals surface area contributed by atoms with E-state index in [0.29, 0.717) is 0 Å². The number of amides is 1. The van der Waals surface area contributed by atoms with E-state index in [1.807, 2.05) is 25.1 Å². The van der Waals surface area contributed by atoms with Crippen LogP contribution in [0, 0.1) is 12.8 Å². The van der Waals surface area contributed by atoms with Crippen LogP contribution in [0.2, 0.25) is 0 Å². The van der Waals surface area contributed by atoms with Crippen molar-refractivity contribution in [3.8, 4) is 0 Å². The number of hydrogen-bond donors (Lipinski definition) is 0. The van der Waals surface area contributed by atoms with Crippen molar-refractivity contribution < 1.29 is 9.59 Å². The van der Waals surface area contributed by atoms with Gasteiger partial charge >= 0.3 is 0 Å². The van der Waals surface area contributed by atoms with Gasteiger partial charge in [-0.25, -0.2) is 0 Å². The zero-order valence-corrected chi connectivity index (χ0v) is 11.2. The number of benzene rings is 1. The number of carbonyl (C=O) groups excluding carboxylic acids is 2. The van der Waals surface area contributed by atoms with Gasteiger partial charge in [0.25, 0.3) is 0 Å². The van der Waals surface area contributed by atoms with Crippen molar-refractivity contribution in [2.24, 2.45) is 5.92 Å². The molecule has 0 spiro atoms. The van der Waals surface area contributed by atoms with Gasteiger partial charge in [0.1, 0.15) is 0 Å². The number of ketones is 1. The zero-order chi connectivity index (χ0) is 12.4. The van der Waals surface area contributed by atoms with Crippen LogP contribution in [-0.4, -0.2) is 18.7 Å². The van der Waals surface area contributed by atoms with Crippen LogP contribution in [0.1, 0.15) is 18.4 Å². The molecule has 4 heteroatoms. The summed E-state index contributed by atoms with van der Waals surface area (Å²) in [4.78, 5) is 24.3. The first-order valence-electron chi connectivity index (χ1n) is 5.62. The van der Waals surface area contributed by atoms with Gasteiger partial charge < -0.3 is 4.90 Å². The van der Waals surface area contributed by atoms with Gasteiger partial charge in [-0.2, -0.15) is 0 Å². The average molecular weight is 296 g/mol. The molecule has 1 aromatic carbocycles. The zero-order valence-electron chi connectivity index (χ0n) is 9.65. The molecule has 3 nitrogen and oxygen atoms in total. The van der Waals surface area contributed by atoms with E-state index in [1.165, 1.54) is 4.90 Å². The summed E-state index contributed by atoms with van der Waals surface area (Å²) < 4.78 is 0.970. The molecule has 0 saturated heterocycles. The second kappa shape index (κ2) is 5.00. The lowest BCUT2D eigenvalue weighted by Crippen LogP contribution is -2.29. The lowest BCUT2D eigenvalue weighted by molar-refractivity contribution is -0.120. The summed E-state index contributed by atoms with van der Waals surface area (Å²) in [5.41, 5.74) is 1.78. The molecule has 0 bridgehead atoms. The lowest BCUT2D eigenvalue weighted by Gasteiger charge is -2.19. The number of carbonyl (C=O) groups is 2. The minimum absolute atomic E-state index is 0.166. The maximum atomic E-state index is 11.7. The van der Waals surface area contributed by atoms with E-state index in [9.17, 15) is 9.59 Å². The molecule has 1 aromatic rings. The van der Waals surface area contributed by atoms with E-state index in [-0.39, 0.29) is 18.2 Å². The van der Waals surface area contributed by atoms with Crippen LogP contribution in [0.15, 0.2) is 22.7 Å². The van der Waals surface area contributed by atoms with Gasteiger partial charge in [-0.3, -0.25) is 9.59 Å². The summed E-state index contributed by atoms with van der Waals surface area (Å²) in [5.74, 6) is 0.354. The van der Waals surface area contributed by atoms with Crippen LogP contribution in [-0.2, 0) is 9.59 Å². The second-order valence-electron chi connectivity index (χ2n) is 4.40. The molecule has 1 aliphatic carbocycles. The first-order valence-corrected chi connectivity index (χ1v) is 6.42. The highest BCUT2D eigenvalue weighted by Gasteiger charge is 2.30. The van der Waals surface area contributed by atoms with Crippen LogP contribution in [0.4, 0.5) is 5.69 Å². The molecule has 0 N–H and O–H groups in total. The van der Waals surface area contributed by atoms with E-state index < -0.39 is 0 Å². The molecule has 17 heavy (non-hydrogen) atoms. The van der Waals surface area contributed by atoms with Crippen LogP contribution < -0.4 is 4.90 Å². The van der Waals surface area contributed by atoms with Crippen LogP contribution in [0.25, 0.3) is 0 Å². The van der Waals surface area contributed by atoms with Gasteiger partial charge in [0.05, 0.1) is 6.54 Å². The third kappa shape index (κ3) is 2.94. The van der Waals surface area contributed by atoms with Gasteiger partial charge in [-0.1, -0.05) is 15.9 Å². The molecule has 0 atom stereocenters. The van der Waals surface area contributed by atoms with Crippen molar-refractivity contribution in [2.45, 2.75) is 19.8 Å². The summed E-state index contributed by atoms with van der Waals surface area (Å²) in [7, 11) is 0. The molecule has 0 heterocycles. The minimum Gasteiger partial charge on any atom is -0.307 e. The average Bonchev–Trinajstić information content (AvgIpc) is 3.10. The van der Waals surface area contributed by atoms with Crippen molar-refractivity contribution in [1.29, 1.82) is 0 Å². The van der Waals surface area contributed by atoms with Crippen LogP contribution in [0.5, 0.6) is 0 Å². The second-order valence-corrected chi connectivity index (χ2v) is 5.32. The van der Waals surface area contributed by atoms with Gasteiger partial charge in [0, 0.05) is 16.1 Å². The minimum atomic E-state index is 0.166. The Morgan fingerprint density at radius 2 is 2.24 bits per heavy atom. The Morgan fingerprint density at radius 3 is 2.76 bits per heavy atom. The topological polar surface area (TPSA) is 37.4 Å². The Bertz CT molecular complexity index is 455. The SMILES string of the molecule is Cc1cc(Br)ccc1N(C=O)CC(=O)C1CC1. The Kier molecular flexibility index (Phi) is 3.62. The van der Waals surface area contributed by atoms with E-state index >= 15 is 0 Å². The van der Waals surface area contributed by atoms with Crippen molar-refractivity contribution in [3.05, 3.63) is 28.2 Å². The third-order valence-corrected chi connectivity index (χ3v) is 3.45. The number of rotatable bonds is 5. The monoisotopic (exact) mass is 295 g/mol. The maximum absolute atomic E-state index is 11.7. The molecular formula is C13H14BrNO2. The summed E-state index contributed by atoms with van der Waals surface area (Å²) in [6.07, 6.45) is 2.69. The van der Waals surface area contributed by atoms with E-state index in [4.69, 9.17) is 0 Å². The molecule has 1 amide bonds. The number of anilines is 1. The Balaban J connectivity index is 2.16. The molecule has 0 radical (unpaired) electrons. The lowest BCUT2D eigenvalue weighted by atomic mass is 10.1. The fourth-order valence-corrected chi connectivity index (χ4v) is 2.30. The van der Waals surface area contributed by atoms with Crippen molar-refractivity contribution in [2.75, 3.05) is 11.4 Å². The Morgan fingerprint density at radius 1 is 1.53 bits per heavy atom. The van der Waals surface area contributed by atoms with Gasteiger partial charge in [0.15, 0.2) is 5.78 Å². The molecular weight excluding hydrogens is 282 g/mol. The van der Waals surface area contributed by atoms with Gasteiger partial charge in [-0.15, -0.1) is 0 Å². The summed E-state index contributed by atoms with van der Waals surface area (Å²) in [5, 5.41) is 0. The third-order valence-electron chi connectivity index (χ3n) is 2.95. The molecule has 1 saturated carbocycles. The highest BCUT2D eigenvalue weighted by Crippen LogP contribution is 2.31. The normalized spacial score (nSPS) is 14.5. The largest absolute Gasteiger partial charge is 0.307 e. The molecule has 0 aromatic heterocycles. The highest BCUT2D eigenvalue weighted by atomic mass is 79.9. The molecule has 90 valence electrons. The molecule has 0 unspecified atom stereocenters. The number of hydrogen-bond acceptors (Lipinski definition) is 2. The fourth-order valence-electron chi connectivity index (χ4n) is 1.82. The smallest absolute Gasteiger partial charge is 0.214 e. The maximum Gasteiger partial charge on any atom is 0.214 e. The number of nitrogens with zero attached hydrogens (tertiary/aromatic N) is 1. The molecule has 1 aliphatic rings. The highest BCUT2D eigenvalue weighted by molar-refractivity contribution is 9.10. The van der Waals surface area contributed by atoms with Gasteiger partial charge in [0.2, 0.25) is 6.41 Å². The van der Waals surface area contributed by atoms with Crippen molar-refractivity contribution >= 4 is 33.8 Å². The van der Waals surface area contributed by atoms with E-state index in [0.717, 1.165) is 35.0 Å². The van der Waals surface area contributed by atoms with E-state index in [2.05, 4.69) is 15.9 Å². The predicted octanol–water partition coefficient (Wildman–Crippen LogP) is 2.70. The molecule has 1 fully saturated rings. The van der Waals surface area contributed by atoms with Gasteiger partial charge in [-0.05, 0) is 43.5 Å². The molecule has 0 aliphatic heterocycles. The van der Waals surface area contributed by atoms with E-state index in [1.54, 1.807) is 0 Å². The summed E-state index contributed by atoms with van der Waals surface area (Å²) >= 11 is 3.38. The first-order chi connectivity index (χ1) is 8.11. The number of aryl methyl sites for hydroxylation is 1. The van der Waals surface area contributed by atoms with Crippen molar-refractivity contribution in [1.82, 2.24) is 0 Å². The first kappa shape index (κ1) is 12.3. The Hall–Kier alpha value is -1.16. The summed E-state index contributed by atoms with van der Waals surface area (Å²) in [6, 6.07) is 5.67. The quantitative estimate of drug-likeness (QED) is 0.783. The van der Waals surface area contributed by atoms with Crippen LogP contribution >= 0.6 is 15.9 Å². The number of halogens is 1. The summed E-state index contributed by atoms with van der Waals surface area (Å²) in [6.45, 7) is 2.12. The van der Waals surface area contributed by atoms with Crippen LogP contribution in [0.3, 0.4) is 0 Å². The predicted molar refractivity (Wildman–Crippen MR) is 70.0 cm³/mol. The Labute approximate surface area is 109 Å².